The van der Waals surface area contributed by atoms with E-state index in [1.807, 2.05) is 0 Å². The van der Waals surface area contributed by atoms with Crippen molar-refractivity contribution >= 4 is 21.6 Å². The van der Waals surface area contributed by atoms with E-state index in [9.17, 15) is 13.2 Å². The van der Waals surface area contributed by atoms with E-state index in [1.54, 1.807) is 6.07 Å². The fraction of sp³-hybridized carbons (Fsp3) is 0.222. The average Bonchev–Trinajstić information content (AvgIpc) is 2.59. The second-order valence-electron chi connectivity index (χ2n) is 2.87. The quantitative estimate of drug-likeness (QED) is 0.753. The Morgan fingerprint density at radius 1 is 1.33 bits per heavy atom. The standard InChI is InChI=1S/C9H6F3NOS/c1-14-6-4-2-3-5-7(6)15-13-8(5)9(10,11)12/h2-4H,1H3. The van der Waals surface area contributed by atoms with E-state index in [0.29, 0.717) is 10.4 Å². The number of hydrogen-bond donors (Lipinski definition) is 0. The van der Waals surface area contributed by atoms with Gasteiger partial charge in [-0.3, -0.25) is 0 Å². The highest BCUT2D eigenvalue weighted by atomic mass is 32.1. The van der Waals surface area contributed by atoms with Crippen LogP contribution in [-0.4, -0.2) is 11.5 Å². The third-order valence-electron chi connectivity index (χ3n) is 1.95. The predicted molar refractivity (Wildman–Crippen MR) is 51.2 cm³/mol. The summed E-state index contributed by atoms with van der Waals surface area (Å²) in [6.07, 6.45) is -4.41. The van der Waals surface area contributed by atoms with Crippen molar-refractivity contribution in [2.75, 3.05) is 7.11 Å². The largest absolute Gasteiger partial charge is 0.495 e. The van der Waals surface area contributed by atoms with Gasteiger partial charge < -0.3 is 4.74 Å². The number of fused-ring (bicyclic) bond motifs is 1. The van der Waals surface area contributed by atoms with Crippen molar-refractivity contribution in [3.8, 4) is 5.75 Å². The maximum atomic E-state index is 12.5. The van der Waals surface area contributed by atoms with Gasteiger partial charge in [-0.25, -0.2) is 0 Å². The van der Waals surface area contributed by atoms with Crippen molar-refractivity contribution in [3.63, 3.8) is 0 Å². The summed E-state index contributed by atoms with van der Waals surface area (Å²) in [5.41, 5.74) is -0.846. The van der Waals surface area contributed by atoms with E-state index < -0.39 is 11.9 Å². The van der Waals surface area contributed by atoms with Gasteiger partial charge in [0.1, 0.15) is 5.75 Å². The van der Waals surface area contributed by atoms with Gasteiger partial charge in [0.15, 0.2) is 5.69 Å². The SMILES string of the molecule is COc1cccc2c(C(F)(F)F)nsc12. The molecule has 0 atom stereocenters. The first-order valence-electron chi connectivity index (χ1n) is 4.03. The minimum absolute atomic E-state index is 0.0897. The molecule has 2 nitrogen and oxygen atoms in total. The summed E-state index contributed by atoms with van der Waals surface area (Å²) in [5.74, 6) is 0.417. The molecule has 0 amide bonds. The molecule has 1 aromatic heterocycles. The van der Waals surface area contributed by atoms with Crippen LogP contribution in [0, 0.1) is 0 Å². The normalized spacial score (nSPS) is 12.0. The molecular formula is C9H6F3NOS. The molecule has 0 saturated carbocycles. The molecule has 0 aliphatic heterocycles. The summed E-state index contributed by atoms with van der Waals surface area (Å²) >= 11 is 0.797. The molecule has 6 heteroatoms. The number of benzene rings is 1. The molecule has 2 aromatic rings. The topological polar surface area (TPSA) is 22.1 Å². The average molecular weight is 233 g/mol. The zero-order chi connectivity index (χ0) is 11.1. The molecule has 2 rings (SSSR count). The molecule has 1 heterocycles. The first-order valence-corrected chi connectivity index (χ1v) is 4.81. The van der Waals surface area contributed by atoms with Crippen LogP contribution in [0.1, 0.15) is 5.69 Å². The van der Waals surface area contributed by atoms with Gasteiger partial charge in [-0.05, 0) is 17.6 Å². The Hall–Kier alpha value is -1.30. The summed E-state index contributed by atoms with van der Waals surface area (Å²) in [6, 6.07) is 4.52. The second-order valence-corrected chi connectivity index (χ2v) is 3.64. The van der Waals surface area contributed by atoms with E-state index in [1.165, 1.54) is 19.2 Å². The maximum Gasteiger partial charge on any atom is 0.435 e. The van der Waals surface area contributed by atoms with Crippen LogP contribution in [0.4, 0.5) is 13.2 Å². The van der Waals surface area contributed by atoms with E-state index in [4.69, 9.17) is 4.74 Å². The van der Waals surface area contributed by atoms with Crippen LogP contribution in [0.15, 0.2) is 18.2 Å². The highest BCUT2D eigenvalue weighted by Crippen LogP contribution is 2.39. The lowest BCUT2D eigenvalue weighted by atomic mass is 10.2. The van der Waals surface area contributed by atoms with Gasteiger partial charge in [0.25, 0.3) is 0 Å². The summed E-state index contributed by atoms with van der Waals surface area (Å²) < 4.78 is 46.3. The van der Waals surface area contributed by atoms with Crippen LogP contribution in [0.5, 0.6) is 5.75 Å². The number of ether oxygens (including phenoxy) is 1. The van der Waals surface area contributed by atoms with Crippen LogP contribution in [0.3, 0.4) is 0 Å². The number of rotatable bonds is 1. The molecular weight excluding hydrogens is 227 g/mol. The molecule has 0 aliphatic carbocycles. The monoisotopic (exact) mass is 233 g/mol. The highest BCUT2D eigenvalue weighted by Gasteiger charge is 2.36. The van der Waals surface area contributed by atoms with Crippen molar-refractivity contribution < 1.29 is 17.9 Å². The molecule has 0 spiro atoms. The van der Waals surface area contributed by atoms with E-state index >= 15 is 0 Å². The Labute approximate surface area is 87.5 Å². The Bertz CT molecular complexity index is 492. The lowest BCUT2D eigenvalue weighted by molar-refractivity contribution is -0.139. The van der Waals surface area contributed by atoms with Crippen LogP contribution >= 0.6 is 11.5 Å². The lowest BCUT2D eigenvalue weighted by Gasteiger charge is -2.03. The van der Waals surface area contributed by atoms with Crippen LogP contribution in [0.2, 0.25) is 0 Å². The minimum atomic E-state index is -4.41. The lowest BCUT2D eigenvalue weighted by Crippen LogP contribution is -2.05. The van der Waals surface area contributed by atoms with E-state index in [-0.39, 0.29) is 5.39 Å². The Kier molecular flexibility index (Phi) is 2.30. The maximum absolute atomic E-state index is 12.5. The smallest absolute Gasteiger partial charge is 0.435 e. The minimum Gasteiger partial charge on any atom is -0.495 e. The van der Waals surface area contributed by atoms with Gasteiger partial charge in [0.05, 0.1) is 11.8 Å². The van der Waals surface area contributed by atoms with Crippen LogP contribution in [0.25, 0.3) is 10.1 Å². The first-order chi connectivity index (χ1) is 7.04. The predicted octanol–water partition coefficient (Wildman–Crippen LogP) is 3.32. The van der Waals surface area contributed by atoms with Gasteiger partial charge in [-0.15, -0.1) is 0 Å². The number of aromatic nitrogens is 1. The number of hydrogen-bond acceptors (Lipinski definition) is 3. The number of methoxy groups -OCH3 is 1. The third kappa shape index (κ3) is 1.65. The summed E-state index contributed by atoms with van der Waals surface area (Å²) in [6.45, 7) is 0. The summed E-state index contributed by atoms with van der Waals surface area (Å²) in [4.78, 5) is 0. The Balaban J connectivity index is 2.72. The molecule has 80 valence electrons. The van der Waals surface area contributed by atoms with E-state index in [0.717, 1.165) is 11.5 Å². The zero-order valence-corrected chi connectivity index (χ0v) is 8.45. The van der Waals surface area contributed by atoms with Crippen molar-refractivity contribution in [2.24, 2.45) is 0 Å². The van der Waals surface area contributed by atoms with Gasteiger partial charge in [0.2, 0.25) is 0 Å². The summed E-state index contributed by atoms with van der Waals surface area (Å²) in [5, 5.41) is 0.0897. The molecule has 0 aliphatic rings. The Morgan fingerprint density at radius 2 is 2.07 bits per heavy atom. The molecule has 0 radical (unpaired) electrons. The first kappa shape index (κ1) is 10.2. The summed E-state index contributed by atoms with van der Waals surface area (Å²) in [7, 11) is 1.42. The highest BCUT2D eigenvalue weighted by molar-refractivity contribution is 7.13. The fourth-order valence-corrected chi connectivity index (χ4v) is 2.19. The van der Waals surface area contributed by atoms with Gasteiger partial charge in [0, 0.05) is 5.39 Å². The molecule has 0 saturated heterocycles. The third-order valence-corrected chi connectivity index (χ3v) is 2.83. The van der Waals surface area contributed by atoms with Crippen molar-refractivity contribution in [2.45, 2.75) is 6.18 Å². The molecule has 0 N–H and O–H groups in total. The molecule has 0 unspecified atom stereocenters. The van der Waals surface area contributed by atoms with Crippen LogP contribution < -0.4 is 4.74 Å². The van der Waals surface area contributed by atoms with Crippen molar-refractivity contribution in [1.29, 1.82) is 0 Å². The van der Waals surface area contributed by atoms with Gasteiger partial charge >= 0.3 is 6.18 Å². The van der Waals surface area contributed by atoms with Crippen molar-refractivity contribution in [3.05, 3.63) is 23.9 Å². The zero-order valence-electron chi connectivity index (χ0n) is 7.63. The van der Waals surface area contributed by atoms with Gasteiger partial charge in [-0.2, -0.15) is 17.5 Å². The van der Waals surface area contributed by atoms with Crippen molar-refractivity contribution in [1.82, 2.24) is 4.37 Å². The molecule has 0 fully saturated rings. The van der Waals surface area contributed by atoms with Crippen LogP contribution in [-0.2, 0) is 6.18 Å². The molecule has 0 bridgehead atoms. The molecule has 1 aromatic carbocycles. The number of halogens is 3. The fourth-order valence-electron chi connectivity index (χ4n) is 1.30. The van der Waals surface area contributed by atoms with Gasteiger partial charge in [-0.1, -0.05) is 12.1 Å². The number of nitrogens with zero attached hydrogens (tertiary/aromatic N) is 1. The van der Waals surface area contributed by atoms with E-state index in [2.05, 4.69) is 4.37 Å². The molecule has 15 heavy (non-hydrogen) atoms. The Morgan fingerprint density at radius 3 is 2.67 bits per heavy atom. The second kappa shape index (κ2) is 3.37. The number of alkyl halides is 3.